The smallest absolute Gasteiger partial charge is 0.292 e. The van der Waals surface area contributed by atoms with Crippen molar-refractivity contribution in [3.05, 3.63) is 40.9 Å². The highest BCUT2D eigenvalue weighted by Gasteiger charge is 2.32. The lowest BCUT2D eigenvalue weighted by atomic mass is 9.84. The molecule has 2 aliphatic heterocycles. The Labute approximate surface area is 154 Å². The van der Waals surface area contributed by atoms with Gasteiger partial charge in [-0.15, -0.1) is 11.8 Å². The first-order valence-electron chi connectivity index (χ1n) is 9.27. The summed E-state index contributed by atoms with van der Waals surface area (Å²) in [6.45, 7) is 2.30. The molecule has 2 heterocycles. The molecular formula is C20H26N2O2S. The summed E-state index contributed by atoms with van der Waals surface area (Å²) in [7, 11) is 0. The van der Waals surface area contributed by atoms with Crippen molar-refractivity contribution in [3.8, 4) is 5.75 Å². The number of thioether (sulfide) groups is 1. The van der Waals surface area contributed by atoms with Crippen molar-refractivity contribution in [1.29, 1.82) is 0 Å². The molecule has 25 heavy (non-hydrogen) atoms. The van der Waals surface area contributed by atoms with Gasteiger partial charge in [0.25, 0.3) is 6.02 Å². The van der Waals surface area contributed by atoms with E-state index < -0.39 is 0 Å². The van der Waals surface area contributed by atoms with Crippen LogP contribution in [0, 0.1) is 0 Å². The molecule has 1 atom stereocenters. The highest BCUT2D eigenvalue weighted by atomic mass is 32.2. The Morgan fingerprint density at radius 3 is 2.76 bits per heavy atom. The van der Waals surface area contributed by atoms with Crippen molar-refractivity contribution in [2.75, 3.05) is 26.0 Å². The van der Waals surface area contributed by atoms with Gasteiger partial charge in [0.05, 0.1) is 13.1 Å². The van der Waals surface area contributed by atoms with Gasteiger partial charge in [-0.2, -0.15) is 0 Å². The fourth-order valence-corrected chi connectivity index (χ4v) is 4.29. The molecule has 1 aromatic carbocycles. The first-order chi connectivity index (χ1) is 12.3. The molecule has 1 saturated heterocycles. The summed E-state index contributed by atoms with van der Waals surface area (Å²) in [5, 5.41) is 0. The minimum absolute atomic E-state index is 0.0476. The van der Waals surface area contributed by atoms with Crippen molar-refractivity contribution in [3.63, 3.8) is 0 Å². The molecule has 2 fully saturated rings. The summed E-state index contributed by atoms with van der Waals surface area (Å²) in [5.41, 5.74) is 1.46. The normalized spacial score (nSPS) is 23.6. The summed E-state index contributed by atoms with van der Waals surface area (Å²) >= 11 is 1.74. The van der Waals surface area contributed by atoms with Crippen LogP contribution in [0.3, 0.4) is 0 Å². The monoisotopic (exact) mass is 358 g/mol. The SMILES string of the molecule is CSC1=CN=C2O[C@H](COc3ccc(C4CCCCC4)cc3)CN2C1. The van der Waals surface area contributed by atoms with E-state index in [1.54, 1.807) is 11.8 Å². The third-order valence-electron chi connectivity index (χ3n) is 5.29. The number of fused-ring (bicyclic) bond motifs is 1. The first-order valence-corrected chi connectivity index (χ1v) is 10.5. The van der Waals surface area contributed by atoms with E-state index in [0.29, 0.717) is 6.61 Å². The lowest BCUT2D eigenvalue weighted by molar-refractivity contribution is 0.146. The molecule has 1 aliphatic carbocycles. The van der Waals surface area contributed by atoms with Crippen molar-refractivity contribution in [1.82, 2.24) is 4.90 Å². The van der Waals surface area contributed by atoms with E-state index in [1.807, 2.05) is 6.20 Å². The Kier molecular flexibility index (Phi) is 5.20. The molecule has 5 heteroatoms. The van der Waals surface area contributed by atoms with Gasteiger partial charge in [0, 0.05) is 11.1 Å². The fraction of sp³-hybridized carbons (Fsp3) is 0.550. The molecule has 0 aromatic heterocycles. The predicted molar refractivity (Wildman–Crippen MR) is 103 cm³/mol. The highest BCUT2D eigenvalue weighted by molar-refractivity contribution is 8.02. The van der Waals surface area contributed by atoms with Gasteiger partial charge in [-0.05, 0) is 42.7 Å². The average Bonchev–Trinajstić information content (AvgIpc) is 3.09. The predicted octanol–water partition coefficient (Wildman–Crippen LogP) is 4.39. The molecule has 3 aliphatic rings. The molecule has 0 unspecified atom stereocenters. The zero-order chi connectivity index (χ0) is 17.1. The van der Waals surface area contributed by atoms with Gasteiger partial charge in [0.1, 0.15) is 12.4 Å². The number of hydrogen-bond acceptors (Lipinski definition) is 5. The minimum Gasteiger partial charge on any atom is -0.490 e. The third-order valence-corrected chi connectivity index (χ3v) is 6.05. The Balaban J connectivity index is 1.28. The molecule has 4 nitrogen and oxygen atoms in total. The van der Waals surface area contributed by atoms with Gasteiger partial charge in [-0.3, -0.25) is 0 Å². The number of benzene rings is 1. The summed E-state index contributed by atoms with van der Waals surface area (Å²) in [6.07, 6.45) is 10.8. The number of hydrogen-bond donors (Lipinski definition) is 0. The van der Waals surface area contributed by atoms with Crippen molar-refractivity contribution in [2.24, 2.45) is 4.99 Å². The second kappa shape index (κ2) is 7.73. The third kappa shape index (κ3) is 3.97. The van der Waals surface area contributed by atoms with Gasteiger partial charge in [0.15, 0.2) is 6.10 Å². The van der Waals surface area contributed by atoms with Gasteiger partial charge >= 0.3 is 0 Å². The first kappa shape index (κ1) is 16.8. The van der Waals surface area contributed by atoms with Crippen LogP contribution in [0.15, 0.2) is 40.4 Å². The molecule has 1 saturated carbocycles. The maximum Gasteiger partial charge on any atom is 0.292 e. The van der Waals surface area contributed by atoms with Crippen LogP contribution in [0.4, 0.5) is 0 Å². The van der Waals surface area contributed by atoms with E-state index >= 15 is 0 Å². The zero-order valence-corrected chi connectivity index (χ0v) is 15.6. The number of rotatable bonds is 5. The molecule has 0 amide bonds. The maximum atomic E-state index is 5.96. The maximum absolute atomic E-state index is 5.96. The second-order valence-corrected chi connectivity index (χ2v) is 7.98. The van der Waals surface area contributed by atoms with Crippen molar-refractivity contribution in [2.45, 2.75) is 44.1 Å². The lowest BCUT2D eigenvalue weighted by Gasteiger charge is -2.22. The van der Waals surface area contributed by atoms with E-state index in [4.69, 9.17) is 9.47 Å². The quantitative estimate of drug-likeness (QED) is 0.782. The summed E-state index contributed by atoms with van der Waals surface area (Å²) in [5.74, 6) is 1.67. The van der Waals surface area contributed by atoms with E-state index in [1.165, 1.54) is 42.6 Å². The molecule has 1 aromatic rings. The van der Waals surface area contributed by atoms with E-state index in [-0.39, 0.29) is 6.10 Å². The Bertz CT molecular complexity index is 650. The molecular weight excluding hydrogens is 332 g/mol. The van der Waals surface area contributed by atoms with Crippen LogP contribution in [-0.2, 0) is 4.74 Å². The minimum atomic E-state index is 0.0476. The second-order valence-electron chi connectivity index (χ2n) is 7.05. The van der Waals surface area contributed by atoms with Crippen molar-refractivity contribution >= 4 is 17.8 Å². The number of nitrogens with zero attached hydrogens (tertiary/aromatic N) is 2. The van der Waals surface area contributed by atoms with Crippen LogP contribution in [0.5, 0.6) is 5.75 Å². The van der Waals surface area contributed by atoms with E-state index in [0.717, 1.165) is 30.8 Å². The van der Waals surface area contributed by atoms with Gasteiger partial charge < -0.3 is 14.4 Å². The molecule has 134 valence electrons. The average molecular weight is 359 g/mol. The Hall–Kier alpha value is -1.62. The molecule has 4 rings (SSSR count). The van der Waals surface area contributed by atoms with Crippen LogP contribution in [-0.4, -0.2) is 43.0 Å². The molecule has 0 spiro atoms. The van der Waals surface area contributed by atoms with Gasteiger partial charge in [0.2, 0.25) is 0 Å². The van der Waals surface area contributed by atoms with Crippen molar-refractivity contribution < 1.29 is 9.47 Å². The summed E-state index contributed by atoms with van der Waals surface area (Å²) in [6, 6.07) is 9.43. The fourth-order valence-electron chi connectivity index (χ4n) is 3.85. The number of amidine groups is 1. The van der Waals surface area contributed by atoms with Gasteiger partial charge in [-0.25, -0.2) is 4.99 Å². The summed E-state index contributed by atoms with van der Waals surface area (Å²) in [4.78, 5) is 7.85. The van der Waals surface area contributed by atoms with Crippen LogP contribution in [0.1, 0.15) is 43.6 Å². The highest BCUT2D eigenvalue weighted by Crippen LogP contribution is 2.33. The largest absolute Gasteiger partial charge is 0.490 e. The topological polar surface area (TPSA) is 34.1 Å². The summed E-state index contributed by atoms with van der Waals surface area (Å²) < 4.78 is 11.9. The van der Waals surface area contributed by atoms with E-state index in [2.05, 4.69) is 40.4 Å². The number of aliphatic imine (C=N–C) groups is 1. The standard InChI is InChI=1S/C20H26N2O2S/c1-25-19-11-21-20-22(13-19)12-18(24-20)14-23-17-9-7-16(8-10-17)15-5-3-2-4-6-15/h7-11,15,18H,2-6,12-14H2,1H3/t18-/m0/s1. The van der Waals surface area contributed by atoms with Crippen LogP contribution < -0.4 is 4.74 Å². The van der Waals surface area contributed by atoms with Gasteiger partial charge in [-0.1, -0.05) is 31.4 Å². The van der Waals surface area contributed by atoms with Crippen LogP contribution in [0.2, 0.25) is 0 Å². The van der Waals surface area contributed by atoms with E-state index in [9.17, 15) is 0 Å². The number of ether oxygens (including phenoxy) is 2. The van der Waals surface area contributed by atoms with Crippen LogP contribution >= 0.6 is 11.8 Å². The van der Waals surface area contributed by atoms with Crippen LogP contribution in [0.25, 0.3) is 0 Å². The molecule has 0 bridgehead atoms. The Morgan fingerprint density at radius 1 is 1.20 bits per heavy atom. The molecule has 0 radical (unpaired) electrons. The Morgan fingerprint density at radius 2 is 2.00 bits per heavy atom. The zero-order valence-electron chi connectivity index (χ0n) is 14.8. The lowest BCUT2D eigenvalue weighted by Crippen LogP contribution is -2.30. The molecule has 0 N–H and O–H groups in total.